The molecule has 2 heterocycles. The van der Waals surface area contributed by atoms with Gasteiger partial charge in [-0.3, -0.25) is 4.79 Å². The zero-order valence-corrected chi connectivity index (χ0v) is 20.3. The summed E-state index contributed by atoms with van der Waals surface area (Å²) in [5.74, 6) is 0.793. The number of ether oxygens (including phenoxy) is 1. The Morgan fingerprint density at radius 2 is 1.74 bits per heavy atom. The lowest BCUT2D eigenvalue weighted by Crippen LogP contribution is -2.36. The number of amides is 1. The molecule has 8 heteroatoms. The number of morpholine rings is 1. The average molecular weight is 473 g/mol. The fraction of sp³-hybridized carbons (Fsp3) is 0.370. The number of hydrogen-bond donors (Lipinski definition) is 3. The van der Waals surface area contributed by atoms with Crippen LogP contribution in [-0.4, -0.2) is 48.2 Å². The summed E-state index contributed by atoms with van der Waals surface area (Å²) in [4.78, 5) is 24.7. The second-order valence-electron chi connectivity index (χ2n) is 9.22. The number of rotatable bonds is 7. The van der Waals surface area contributed by atoms with Crippen LogP contribution < -0.4 is 20.9 Å². The summed E-state index contributed by atoms with van der Waals surface area (Å²) in [5.41, 5.74) is 5.37. The second-order valence-corrected chi connectivity index (χ2v) is 9.22. The molecule has 1 saturated heterocycles. The van der Waals surface area contributed by atoms with Gasteiger partial charge in [-0.1, -0.05) is 18.2 Å². The molecule has 0 radical (unpaired) electrons. The molecule has 5 rings (SSSR count). The van der Waals surface area contributed by atoms with Crippen molar-refractivity contribution < 1.29 is 9.53 Å². The van der Waals surface area contributed by atoms with Crippen LogP contribution in [0.3, 0.4) is 0 Å². The van der Waals surface area contributed by atoms with Gasteiger partial charge in [0.1, 0.15) is 11.4 Å². The van der Waals surface area contributed by atoms with Gasteiger partial charge in [0.25, 0.3) is 5.91 Å². The maximum absolute atomic E-state index is 13.2. The van der Waals surface area contributed by atoms with E-state index in [4.69, 9.17) is 4.74 Å². The minimum atomic E-state index is -0.217. The van der Waals surface area contributed by atoms with E-state index in [1.165, 1.54) is 12.1 Å². The minimum Gasteiger partial charge on any atom is -0.378 e. The number of para-hydroxylation sites is 1. The van der Waals surface area contributed by atoms with Crippen LogP contribution in [0.4, 0.5) is 28.8 Å². The number of nitrogens with zero attached hydrogens (tertiary/aromatic N) is 3. The van der Waals surface area contributed by atoms with Gasteiger partial charge in [-0.15, -0.1) is 0 Å². The van der Waals surface area contributed by atoms with E-state index < -0.39 is 0 Å². The third kappa shape index (κ3) is 5.38. The van der Waals surface area contributed by atoms with Gasteiger partial charge in [0.2, 0.25) is 5.95 Å². The zero-order valence-electron chi connectivity index (χ0n) is 20.3. The maximum atomic E-state index is 13.2. The summed E-state index contributed by atoms with van der Waals surface area (Å²) >= 11 is 0. The first kappa shape index (κ1) is 23.1. The Bertz CT molecular complexity index is 1170. The smallest absolute Gasteiger partial charge is 0.261 e. The third-order valence-electron chi connectivity index (χ3n) is 6.70. The number of aromatic nitrogens is 2. The van der Waals surface area contributed by atoms with E-state index in [1.807, 2.05) is 44.2 Å². The molecule has 0 unspecified atom stereocenters. The van der Waals surface area contributed by atoms with Gasteiger partial charge in [-0.25, -0.2) is 4.98 Å². The molecule has 2 aliphatic rings. The van der Waals surface area contributed by atoms with Crippen LogP contribution in [0.5, 0.6) is 0 Å². The van der Waals surface area contributed by atoms with Gasteiger partial charge in [0, 0.05) is 42.4 Å². The van der Waals surface area contributed by atoms with Gasteiger partial charge >= 0.3 is 0 Å². The van der Waals surface area contributed by atoms with Crippen LogP contribution in [0.1, 0.15) is 40.7 Å². The van der Waals surface area contributed by atoms with E-state index in [0.717, 1.165) is 61.6 Å². The molecule has 0 atom stereocenters. The molecule has 8 nitrogen and oxygen atoms in total. The van der Waals surface area contributed by atoms with E-state index in [9.17, 15) is 4.79 Å². The van der Waals surface area contributed by atoms with Crippen molar-refractivity contribution >= 4 is 34.7 Å². The van der Waals surface area contributed by atoms with Crippen LogP contribution >= 0.6 is 0 Å². The summed E-state index contributed by atoms with van der Waals surface area (Å²) in [6.45, 7) is 7.30. The topological polar surface area (TPSA) is 91.4 Å². The van der Waals surface area contributed by atoms with Crippen LogP contribution in [-0.2, 0) is 4.74 Å². The molecule has 1 saturated carbocycles. The van der Waals surface area contributed by atoms with Crippen LogP contribution in [0.15, 0.2) is 48.7 Å². The molecule has 182 valence electrons. The van der Waals surface area contributed by atoms with Crippen molar-refractivity contribution in [3.8, 4) is 0 Å². The first-order chi connectivity index (χ1) is 17.1. The molecule has 3 N–H and O–H groups in total. The normalized spacial score (nSPS) is 15.9. The van der Waals surface area contributed by atoms with E-state index in [1.54, 1.807) is 6.20 Å². The van der Waals surface area contributed by atoms with Crippen LogP contribution in [0, 0.1) is 13.8 Å². The van der Waals surface area contributed by atoms with Crippen molar-refractivity contribution in [2.75, 3.05) is 47.2 Å². The fourth-order valence-electron chi connectivity index (χ4n) is 4.36. The lowest BCUT2D eigenvalue weighted by molar-refractivity contribution is 0.102. The quantitative estimate of drug-likeness (QED) is 0.451. The highest BCUT2D eigenvalue weighted by Gasteiger charge is 2.23. The van der Waals surface area contributed by atoms with Crippen molar-refractivity contribution in [1.29, 1.82) is 0 Å². The Hall–Kier alpha value is -3.65. The van der Waals surface area contributed by atoms with Gasteiger partial charge < -0.3 is 25.6 Å². The van der Waals surface area contributed by atoms with Crippen LogP contribution in [0.25, 0.3) is 0 Å². The van der Waals surface area contributed by atoms with E-state index >= 15 is 0 Å². The predicted molar refractivity (Wildman–Crippen MR) is 140 cm³/mol. The molecular formula is C27H32N6O2. The standard InChI is InChI=1S/C27H32N6O2/c1-18-5-3-6-19(2)24(18)31-26(34)23-17-28-27(32-25(23)29-20-7-4-8-20)30-21-9-11-22(12-10-21)33-13-15-35-16-14-33/h3,5-6,9-12,17,20H,4,7-8,13-16H2,1-2H3,(H,31,34)(H2,28,29,30,32). The van der Waals surface area contributed by atoms with Gasteiger partial charge in [0.15, 0.2) is 0 Å². The Labute approximate surface area is 206 Å². The number of hydrogen-bond acceptors (Lipinski definition) is 7. The summed E-state index contributed by atoms with van der Waals surface area (Å²) in [5, 5.41) is 9.79. The fourth-order valence-corrected chi connectivity index (χ4v) is 4.36. The van der Waals surface area contributed by atoms with E-state index in [0.29, 0.717) is 23.4 Å². The number of anilines is 5. The molecule has 2 fully saturated rings. The molecule has 35 heavy (non-hydrogen) atoms. The molecule has 0 bridgehead atoms. The number of nitrogens with one attached hydrogen (secondary N) is 3. The van der Waals surface area contributed by atoms with E-state index in [2.05, 4.69) is 43.0 Å². The highest BCUT2D eigenvalue weighted by Crippen LogP contribution is 2.27. The number of benzene rings is 2. The second kappa shape index (κ2) is 10.3. The van der Waals surface area contributed by atoms with Gasteiger partial charge in [-0.2, -0.15) is 4.98 Å². The van der Waals surface area contributed by atoms with Crippen molar-refractivity contribution in [1.82, 2.24) is 9.97 Å². The number of aryl methyl sites for hydroxylation is 2. The van der Waals surface area contributed by atoms with Crippen molar-refractivity contribution in [2.24, 2.45) is 0 Å². The lowest BCUT2D eigenvalue weighted by atomic mass is 9.93. The molecule has 1 amide bonds. The van der Waals surface area contributed by atoms with Crippen molar-refractivity contribution in [2.45, 2.75) is 39.2 Å². The summed E-state index contributed by atoms with van der Waals surface area (Å²) in [7, 11) is 0. The monoisotopic (exact) mass is 472 g/mol. The Kier molecular flexibility index (Phi) is 6.81. The molecule has 0 spiro atoms. The van der Waals surface area contributed by atoms with Gasteiger partial charge in [0.05, 0.1) is 13.2 Å². The molecule has 2 aromatic carbocycles. The van der Waals surface area contributed by atoms with E-state index in [-0.39, 0.29) is 5.91 Å². The third-order valence-corrected chi connectivity index (χ3v) is 6.70. The summed E-state index contributed by atoms with van der Waals surface area (Å²) < 4.78 is 5.44. The zero-order chi connectivity index (χ0) is 24.2. The summed E-state index contributed by atoms with van der Waals surface area (Å²) in [6, 6.07) is 14.5. The Morgan fingerprint density at radius 1 is 1.03 bits per heavy atom. The van der Waals surface area contributed by atoms with Crippen molar-refractivity contribution in [3.63, 3.8) is 0 Å². The molecule has 1 aliphatic heterocycles. The Balaban J connectivity index is 1.34. The first-order valence-corrected chi connectivity index (χ1v) is 12.3. The molecule has 3 aromatic rings. The SMILES string of the molecule is Cc1cccc(C)c1NC(=O)c1cnc(Nc2ccc(N3CCOCC3)cc2)nc1NC1CCC1. The summed E-state index contributed by atoms with van der Waals surface area (Å²) in [6.07, 6.45) is 4.94. The molecule has 1 aliphatic carbocycles. The largest absolute Gasteiger partial charge is 0.378 e. The average Bonchev–Trinajstić information content (AvgIpc) is 2.85. The van der Waals surface area contributed by atoms with Crippen molar-refractivity contribution in [3.05, 3.63) is 65.4 Å². The number of carbonyl (C=O) groups excluding carboxylic acids is 1. The Morgan fingerprint density at radius 3 is 2.40 bits per heavy atom. The highest BCUT2D eigenvalue weighted by molar-refractivity contribution is 6.08. The predicted octanol–water partition coefficient (Wildman–Crippen LogP) is 4.89. The molecule has 1 aromatic heterocycles. The van der Waals surface area contributed by atoms with Gasteiger partial charge in [-0.05, 0) is 68.5 Å². The molecular weight excluding hydrogens is 440 g/mol. The highest BCUT2D eigenvalue weighted by atomic mass is 16.5. The maximum Gasteiger partial charge on any atom is 0.261 e. The number of carbonyl (C=O) groups is 1. The first-order valence-electron chi connectivity index (χ1n) is 12.3. The lowest BCUT2D eigenvalue weighted by Gasteiger charge is -2.29. The minimum absolute atomic E-state index is 0.217. The van der Waals surface area contributed by atoms with Crippen LogP contribution in [0.2, 0.25) is 0 Å².